The molecule has 0 fully saturated rings. The lowest BCUT2D eigenvalue weighted by Gasteiger charge is -2.18. The van der Waals surface area contributed by atoms with Gasteiger partial charge in [-0.25, -0.2) is 9.13 Å². The van der Waals surface area contributed by atoms with Gasteiger partial charge in [0.05, 0.1) is 18.3 Å². The molecule has 13 heteroatoms. The van der Waals surface area contributed by atoms with Crippen molar-refractivity contribution in [1.82, 2.24) is 4.98 Å². The molecule has 0 spiro atoms. The van der Waals surface area contributed by atoms with Gasteiger partial charge in [-0.2, -0.15) is 4.31 Å². The van der Waals surface area contributed by atoms with Crippen molar-refractivity contribution >= 4 is 32.2 Å². The Kier molecular flexibility index (Phi) is 10.4. The van der Waals surface area contributed by atoms with Gasteiger partial charge in [0.15, 0.2) is 0 Å². The average Bonchev–Trinajstić information content (AvgIpc) is 2.60. The first kappa shape index (κ1) is 26.5. The van der Waals surface area contributed by atoms with Gasteiger partial charge in [-0.15, -0.1) is 0 Å². The van der Waals surface area contributed by atoms with E-state index in [1.807, 2.05) is 24.4 Å². The van der Waals surface area contributed by atoms with Crippen molar-refractivity contribution in [1.29, 1.82) is 0 Å². The van der Waals surface area contributed by atoms with E-state index >= 15 is 0 Å². The van der Waals surface area contributed by atoms with Crippen LogP contribution in [-0.4, -0.2) is 44.3 Å². The molecule has 0 saturated heterocycles. The zero-order valence-corrected chi connectivity index (χ0v) is 18.8. The van der Waals surface area contributed by atoms with Gasteiger partial charge in [0.2, 0.25) is 0 Å². The Morgan fingerprint density at radius 3 is 2.30 bits per heavy atom. The Hall–Kier alpha value is -1.55. The lowest BCUT2D eigenvalue weighted by Crippen LogP contribution is -2.16. The molecule has 0 amide bonds. The highest BCUT2D eigenvalue weighted by atomic mass is 31.3. The van der Waals surface area contributed by atoms with E-state index in [-0.39, 0.29) is 0 Å². The molecule has 0 aliphatic heterocycles. The molecule has 7 N–H and O–H groups in total. The van der Waals surface area contributed by atoms with Gasteiger partial charge in [-0.1, -0.05) is 6.42 Å². The zero-order valence-electron chi connectivity index (χ0n) is 17.1. The molecule has 11 nitrogen and oxygen atoms in total. The number of pyridine rings is 1. The maximum atomic E-state index is 9.63. The van der Waals surface area contributed by atoms with E-state index in [1.165, 1.54) is 5.56 Å². The molecule has 0 aliphatic carbocycles. The maximum absolute atomic E-state index is 9.63. The third kappa shape index (κ3) is 9.97. The van der Waals surface area contributed by atoms with E-state index < -0.39 is 15.6 Å². The maximum Gasteiger partial charge on any atom is 0.478 e. The number of nitrogens with one attached hydrogen (secondary N) is 1. The van der Waals surface area contributed by atoms with Crippen LogP contribution in [-0.2, 0) is 13.4 Å². The number of nitrogens with zero attached hydrogens (tertiary/aromatic N) is 1. The molecular formula is C17H29N3O8P2. The summed E-state index contributed by atoms with van der Waals surface area (Å²) in [6.07, 6.45) is 5.16. The van der Waals surface area contributed by atoms with Crippen LogP contribution in [0.5, 0.6) is 5.75 Å². The number of nitrogens with two attached hydrogens (primary N) is 1. The SMILES string of the molecule is COc1cc(NC(C)CCCCN)c2nccc(C)c2c1.O=P(O)(O)OP(=O)(O)O. The summed E-state index contributed by atoms with van der Waals surface area (Å²) in [7, 11) is -8.40. The van der Waals surface area contributed by atoms with Crippen LogP contribution < -0.4 is 15.8 Å². The number of aryl methyl sites for hydroxylation is 1. The first-order valence-electron chi connectivity index (χ1n) is 9.08. The van der Waals surface area contributed by atoms with Crippen LogP contribution in [0.25, 0.3) is 10.9 Å². The van der Waals surface area contributed by atoms with Crippen molar-refractivity contribution in [3.63, 3.8) is 0 Å². The monoisotopic (exact) mass is 465 g/mol. The fourth-order valence-corrected chi connectivity index (χ4v) is 3.77. The van der Waals surface area contributed by atoms with Crippen molar-refractivity contribution in [2.75, 3.05) is 19.0 Å². The summed E-state index contributed by atoms with van der Waals surface area (Å²) >= 11 is 0. The molecule has 170 valence electrons. The molecule has 2 aromatic rings. The Balaban J connectivity index is 0.000000424. The molecule has 2 rings (SSSR count). The fourth-order valence-electron chi connectivity index (χ4n) is 2.66. The smallest absolute Gasteiger partial charge is 0.478 e. The van der Waals surface area contributed by atoms with Gasteiger partial charge in [-0.3, -0.25) is 4.98 Å². The number of benzene rings is 1. The number of ether oxygens (including phenoxy) is 1. The average molecular weight is 465 g/mol. The highest BCUT2D eigenvalue weighted by Crippen LogP contribution is 2.53. The van der Waals surface area contributed by atoms with Gasteiger partial charge in [0.25, 0.3) is 0 Å². The second-order valence-corrected chi connectivity index (χ2v) is 9.21. The Labute approximate surface area is 175 Å². The topological polar surface area (TPSA) is 184 Å². The predicted octanol–water partition coefficient (Wildman–Crippen LogP) is 2.67. The molecule has 1 heterocycles. The number of rotatable bonds is 9. The standard InChI is InChI=1S/C17H25N3O.H4O7P2/c1-12-7-9-19-17-15(12)10-14(21-3)11-16(17)20-13(2)6-4-5-8-18;1-8(2,3)7-9(4,5)6/h7,9-11,13,20H,4-6,8,18H2,1-3H3;(H2,1,2,3)(H2,4,5,6). The minimum Gasteiger partial charge on any atom is -0.497 e. The van der Waals surface area contributed by atoms with E-state index in [1.54, 1.807) is 7.11 Å². The minimum absolute atomic E-state index is 0.383. The summed E-state index contributed by atoms with van der Waals surface area (Å²) in [6.45, 7) is 5.05. The molecule has 0 bridgehead atoms. The van der Waals surface area contributed by atoms with Crippen LogP contribution in [0.3, 0.4) is 0 Å². The van der Waals surface area contributed by atoms with Crippen molar-refractivity contribution in [2.45, 2.75) is 39.2 Å². The summed E-state index contributed by atoms with van der Waals surface area (Å²) in [5.74, 6) is 0.857. The van der Waals surface area contributed by atoms with E-state index in [0.29, 0.717) is 6.04 Å². The molecule has 1 unspecified atom stereocenters. The van der Waals surface area contributed by atoms with Crippen molar-refractivity contribution in [2.24, 2.45) is 5.73 Å². The molecule has 0 radical (unpaired) electrons. The van der Waals surface area contributed by atoms with Crippen molar-refractivity contribution in [3.8, 4) is 5.75 Å². The fraction of sp³-hybridized carbons (Fsp3) is 0.471. The third-order valence-corrected chi connectivity index (χ3v) is 5.68. The second-order valence-electron chi connectivity index (χ2n) is 6.59. The van der Waals surface area contributed by atoms with Gasteiger partial charge in [-0.05, 0) is 50.9 Å². The van der Waals surface area contributed by atoms with Crippen LogP contribution >= 0.6 is 15.6 Å². The van der Waals surface area contributed by atoms with Gasteiger partial charge < -0.3 is 35.4 Å². The minimum atomic E-state index is -5.05. The van der Waals surface area contributed by atoms with Gasteiger partial charge in [0, 0.05) is 23.7 Å². The molecule has 30 heavy (non-hydrogen) atoms. The largest absolute Gasteiger partial charge is 0.497 e. The normalized spacial score (nSPS) is 12.8. The molecular weight excluding hydrogens is 436 g/mol. The first-order valence-corrected chi connectivity index (χ1v) is 12.1. The molecule has 0 aliphatic rings. The molecule has 1 atom stereocenters. The number of aromatic nitrogens is 1. The number of phosphoric acid groups is 2. The van der Waals surface area contributed by atoms with Crippen LogP contribution in [0, 0.1) is 6.92 Å². The van der Waals surface area contributed by atoms with E-state index in [4.69, 9.17) is 30.0 Å². The first-order chi connectivity index (χ1) is 13.9. The van der Waals surface area contributed by atoms with E-state index in [0.717, 1.165) is 48.1 Å². The quantitative estimate of drug-likeness (QED) is 0.236. The van der Waals surface area contributed by atoms with Crippen LogP contribution in [0.1, 0.15) is 31.7 Å². The number of methoxy groups -OCH3 is 1. The lowest BCUT2D eigenvalue weighted by atomic mass is 10.1. The number of unbranched alkanes of at least 4 members (excludes halogenated alkanes) is 1. The van der Waals surface area contributed by atoms with Crippen molar-refractivity contribution < 1.29 is 37.8 Å². The number of hydrogen-bond acceptors (Lipinski definition) is 7. The van der Waals surface area contributed by atoms with E-state index in [2.05, 4.69) is 28.5 Å². The van der Waals surface area contributed by atoms with Crippen molar-refractivity contribution in [3.05, 3.63) is 30.0 Å². The lowest BCUT2D eigenvalue weighted by molar-refractivity contribution is 0.225. The summed E-state index contributed by atoms with van der Waals surface area (Å²) < 4.78 is 27.6. The second kappa shape index (κ2) is 11.7. The van der Waals surface area contributed by atoms with Crippen LogP contribution in [0.4, 0.5) is 5.69 Å². The van der Waals surface area contributed by atoms with Gasteiger partial charge >= 0.3 is 15.6 Å². The van der Waals surface area contributed by atoms with Gasteiger partial charge in [0.1, 0.15) is 5.75 Å². The number of hydrogen-bond donors (Lipinski definition) is 6. The predicted molar refractivity (Wildman–Crippen MR) is 114 cm³/mol. The summed E-state index contributed by atoms with van der Waals surface area (Å²) in [5.41, 5.74) is 8.79. The highest BCUT2D eigenvalue weighted by molar-refractivity contribution is 7.60. The Bertz CT molecular complexity index is 895. The van der Waals surface area contributed by atoms with Crippen LogP contribution in [0.15, 0.2) is 24.4 Å². The third-order valence-electron chi connectivity index (χ3n) is 3.98. The van der Waals surface area contributed by atoms with Crippen LogP contribution in [0.2, 0.25) is 0 Å². The zero-order chi connectivity index (χ0) is 22.9. The Morgan fingerprint density at radius 1 is 1.17 bits per heavy atom. The molecule has 0 saturated carbocycles. The number of fused-ring (bicyclic) bond motifs is 1. The molecule has 1 aromatic heterocycles. The summed E-state index contributed by atoms with van der Waals surface area (Å²) in [6, 6.07) is 6.47. The summed E-state index contributed by atoms with van der Waals surface area (Å²) in [4.78, 5) is 35.5. The number of anilines is 1. The summed E-state index contributed by atoms with van der Waals surface area (Å²) in [5, 5.41) is 4.70. The highest BCUT2D eigenvalue weighted by Gasteiger charge is 2.27. The molecule has 1 aromatic carbocycles. The van der Waals surface area contributed by atoms with E-state index in [9.17, 15) is 9.13 Å². The Morgan fingerprint density at radius 2 is 1.80 bits per heavy atom.